The molecule has 0 unspecified atom stereocenters. The number of hydrogen-bond acceptors (Lipinski definition) is 3. The standard InChI is InChI=1S/C10H13BrFNO2/c11-9-2-1-8(7-10(9)12)13-3-5-15-6-4-14/h1-2,7,13-14H,3-6H2. The normalized spacial score (nSPS) is 10.3. The maximum atomic E-state index is 13.1. The molecule has 0 saturated heterocycles. The Balaban J connectivity index is 2.28. The molecule has 0 aromatic heterocycles. The Morgan fingerprint density at radius 1 is 1.40 bits per heavy atom. The second kappa shape index (κ2) is 6.76. The Bertz CT molecular complexity index is 309. The Kier molecular flexibility index (Phi) is 5.60. The Hall–Kier alpha value is -0.650. The van der Waals surface area contributed by atoms with Crippen LogP contribution in [0.2, 0.25) is 0 Å². The summed E-state index contributed by atoms with van der Waals surface area (Å²) in [5.41, 5.74) is 0.711. The van der Waals surface area contributed by atoms with Crippen molar-refractivity contribution in [2.75, 3.05) is 31.7 Å². The van der Waals surface area contributed by atoms with Crippen LogP contribution in [-0.2, 0) is 4.74 Å². The number of benzene rings is 1. The molecule has 0 fully saturated rings. The summed E-state index contributed by atoms with van der Waals surface area (Å²) in [5, 5.41) is 11.5. The number of halogens is 2. The van der Waals surface area contributed by atoms with Crippen LogP contribution in [0.5, 0.6) is 0 Å². The van der Waals surface area contributed by atoms with Gasteiger partial charge in [0.05, 0.1) is 24.3 Å². The molecule has 0 aliphatic heterocycles. The van der Waals surface area contributed by atoms with Gasteiger partial charge in [-0.3, -0.25) is 0 Å². The molecular formula is C10H13BrFNO2. The molecule has 0 radical (unpaired) electrons. The largest absolute Gasteiger partial charge is 0.394 e. The molecule has 3 nitrogen and oxygen atoms in total. The minimum Gasteiger partial charge on any atom is -0.394 e. The van der Waals surface area contributed by atoms with E-state index in [1.54, 1.807) is 12.1 Å². The Labute approximate surface area is 96.4 Å². The number of nitrogens with one attached hydrogen (secondary N) is 1. The zero-order valence-corrected chi connectivity index (χ0v) is 9.76. The second-order valence-corrected chi connectivity index (χ2v) is 3.75. The maximum Gasteiger partial charge on any atom is 0.139 e. The molecule has 2 N–H and O–H groups in total. The van der Waals surface area contributed by atoms with Gasteiger partial charge in [-0.05, 0) is 34.1 Å². The van der Waals surface area contributed by atoms with Crippen molar-refractivity contribution in [2.45, 2.75) is 0 Å². The molecule has 0 aliphatic carbocycles. The smallest absolute Gasteiger partial charge is 0.139 e. The van der Waals surface area contributed by atoms with Gasteiger partial charge in [-0.15, -0.1) is 0 Å². The Morgan fingerprint density at radius 2 is 2.20 bits per heavy atom. The first-order chi connectivity index (χ1) is 7.24. The van der Waals surface area contributed by atoms with Crippen LogP contribution in [0.25, 0.3) is 0 Å². The van der Waals surface area contributed by atoms with Gasteiger partial charge in [0.25, 0.3) is 0 Å². The first kappa shape index (κ1) is 12.4. The average molecular weight is 278 g/mol. The SMILES string of the molecule is OCCOCCNc1ccc(Br)c(F)c1. The molecule has 1 rings (SSSR count). The van der Waals surface area contributed by atoms with Gasteiger partial charge >= 0.3 is 0 Å². The third kappa shape index (κ3) is 4.59. The van der Waals surface area contributed by atoms with E-state index in [2.05, 4.69) is 21.2 Å². The molecule has 0 amide bonds. The molecule has 84 valence electrons. The van der Waals surface area contributed by atoms with Gasteiger partial charge in [0.15, 0.2) is 0 Å². The highest BCUT2D eigenvalue weighted by molar-refractivity contribution is 9.10. The lowest BCUT2D eigenvalue weighted by atomic mass is 10.3. The van der Waals surface area contributed by atoms with Crippen molar-refractivity contribution in [1.29, 1.82) is 0 Å². The van der Waals surface area contributed by atoms with Crippen LogP contribution in [0.4, 0.5) is 10.1 Å². The van der Waals surface area contributed by atoms with Gasteiger partial charge in [-0.2, -0.15) is 0 Å². The fraction of sp³-hybridized carbons (Fsp3) is 0.400. The summed E-state index contributed by atoms with van der Waals surface area (Å²) in [7, 11) is 0. The van der Waals surface area contributed by atoms with Crippen molar-refractivity contribution >= 4 is 21.6 Å². The molecule has 1 aromatic carbocycles. The average Bonchev–Trinajstić information content (AvgIpc) is 2.23. The van der Waals surface area contributed by atoms with Crippen molar-refractivity contribution < 1.29 is 14.2 Å². The molecule has 0 saturated carbocycles. The van der Waals surface area contributed by atoms with Gasteiger partial charge in [-0.25, -0.2) is 4.39 Å². The van der Waals surface area contributed by atoms with Crippen molar-refractivity contribution in [3.8, 4) is 0 Å². The summed E-state index contributed by atoms with van der Waals surface area (Å²) >= 11 is 3.08. The molecular weight excluding hydrogens is 265 g/mol. The molecule has 5 heteroatoms. The van der Waals surface area contributed by atoms with Gasteiger partial charge in [-0.1, -0.05) is 0 Å². The Morgan fingerprint density at radius 3 is 2.87 bits per heavy atom. The quantitative estimate of drug-likeness (QED) is 0.782. The van der Waals surface area contributed by atoms with Crippen LogP contribution in [-0.4, -0.2) is 31.5 Å². The third-order valence-corrected chi connectivity index (χ3v) is 2.37. The second-order valence-electron chi connectivity index (χ2n) is 2.89. The summed E-state index contributed by atoms with van der Waals surface area (Å²) in [6.07, 6.45) is 0. The highest BCUT2D eigenvalue weighted by Crippen LogP contribution is 2.18. The fourth-order valence-corrected chi connectivity index (χ4v) is 1.29. The van der Waals surface area contributed by atoms with E-state index in [-0.39, 0.29) is 12.4 Å². The molecule has 0 heterocycles. The van der Waals surface area contributed by atoms with Crippen LogP contribution in [0.1, 0.15) is 0 Å². The van der Waals surface area contributed by atoms with Gasteiger partial charge in [0.2, 0.25) is 0 Å². The van der Waals surface area contributed by atoms with E-state index in [0.717, 1.165) is 0 Å². The molecule has 1 aromatic rings. The number of hydrogen-bond donors (Lipinski definition) is 2. The lowest BCUT2D eigenvalue weighted by molar-refractivity contribution is 0.0992. The van der Waals surface area contributed by atoms with Crippen molar-refractivity contribution in [3.63, 3.8) is 0 Å². The van der Waals surface area contributed by atoms with Gasteiger partial charge in [0, 0.05) is 12.2 Å². The summed E-state index contributed by atoms with van der Waals surface area (Å²) in [4.78, 5) is 0. The molecule has 0 spiro atoms. The van der Waals surface area contributed by atoms with Crippen LogP contribution < -0.4 is 5.32 Å². The minimum absolute atomic E-state index is 0.0207. The van der Waals surface area contributed by atoms with Crippen LogP contribution in [0.15, 0.2) is 22.7 Å². The predicted molar refractivity (Wildman–Crippen MR) is 60.5 cm³/mol. The third-order valence-electron chi connectivity index (χ3n) is 1.73. The summed E-state index contributed by atoms with van der Waals surface area (Å²) in [5.74, 6) is -0.295. The van der Waals surface area contributed by atoms with E-state index >= 15 is 0 Å². The van der Waals surface area contributed by atoms with Gasteiger partial charge in [0.1, 0.15) is 5.82 Å². The highest BCUT2D eigenvalue weighted by atomic mass is 79.9. The molecule has 15 heavy (non-hydrogen) atoms. The number of aliphatic hydroxyl groups is 1. The first-order valence-electron chi connectivity index (χ1n) is 4.61. The van der Waals surface area contributed by atoms with Crippen LogP contribution in [0, 0.1) is 5.82 Å². The lowest BCUT2D eigenvalue weighted by Crippen LogP contribution is -2.11. The van der Waals surface area contributed by atoms with E-state index < -0.39 is 0 Å². The number of aliphatic hydroxyl groups excluding tert-OH is 1. The van der Waals surface area contributed by atoms with Crippen molar-refractivity contribution in [3.05, 3.63) is 28.5 Å². The minimum atomic E-state index is -0.295. The predicted octanol–water partition coefficient (Wildman–Crippen LogP) is 2.01. The number of anilines is 1. The topological polar surface area (TPSA) is 41.5 Å². The molecule has 0 atom stereocenters. The van der Waals surface area contributed by atoms with E-state index in [9.17, 15) is 4.39 Å². The number of rotatable bonds is 6. The van der Waals surface area contributed by atoms with E-state index in [1.165, 1.54) is 6.07 Å². The summed E-state index contributed by atoms with van der Waals surface area (Å²) < 4.78 is 18.5. The molecule has 0 aliphatic rings. The summed E-state index contributed by atoms with van der Waals surface area (Å²) in [6, 6.07) is 4.83. The van der Waals surface area contributed by atoms with E-state index in [4.69, 9.17) is 9.84 Å². The zero-order chi connectivity index (χ0) is 11.1. The maximum absolute atomic E-state index is 13.1. The van der Waals surface area contributed by atoms with E-state index in [0.29, 0.717) is 29.9 Å². The van der Waals surface area contributed by atoms with E-state index in [1.807, 2.05) is 0 Å². The first-order valence-corrected chi connectivity index (χ1v) is 5.41. The van der Waals surface area contributed by atoms with Crippen molar-refractivity contribution in [2.24, 2.45) is 0 Å². The van der Waals surface area contributed by atoms with Crippen LogP contribution >= 0.6 is 15.9 Å². The summed E-state index contributed by atoms with van der Waals surface area (Å²) in [6.45, 7) is 1.42. The monoisotopic (exact) mass is 277 g/mol. The zero-order valence-electron chi connectivity index (χ0n) is 8.17. The number of ether oxygens (including phenoxy) is 1. The fourth-order valence-electron chi connectivity index (χ4n) is 1.04. The van der Waals surface area contributed by atoms with Crippen LogP contribution in [0.3, 0.4) is 0 Å². The van der Waals surface area contributed by atoms with Crippen molar-refractivity contribution in [1.82, 2.24) is 0 Å². The highest BCUT2D eigenvalue weighted by Gasteiger charge is 1.99. The molecule has 0 bridgehead atoms. The van der Waals surface area contributed by atoms with Gasteiger partial charge < -0.3 is 15.2 Å². The lowest BCUT2D eigenvalue weighted by Gasteiger charge is -2.07.